The fourth-order valence-corrected chi connectivity index (χ4v) is 2.97. The molecule has 0 unspecified atom stereocenters. The van der Waals surface area contributed by atoms with Crippen LogP contribution in [0.25, 0.3) is 10.9 Å². The summed E-state index contributed by atoms with van der Waals surface area (Å²) in [6.45, 7) is 0.485. The summed E-state index contributed by atoms with van der Waals surface area (Å²) >= 11 is 0. The summed E-state index contributed by atoms with van der Waals surface area (Å²) in [5.41, 5.74) is 2.13. The van der Waals surface area contributed by atoms with Crippen molar-refractivity contribution in [3.63, 3.8) is 0 Å². The van der Waals surface area contributed by atoms with Gasteiger partial charge >= 0.3 is 0 Å². The number of rotatable bonds is 4. The quantitative estimate of drug-likeness (QED) is 0.573. The Labute approximate surface area is 138 Å². The molecule has 4 nitrogen and oxygen atoms in total. The van der Waals surface area contributed by atoms with Gasteiger partial charge < -0.3 is 14.1 Å². The first-order valence-corrected chi connectivity index (χ1v) is 7.68. The molecule has 24 heavy (non-hydrogen) atoms. The van der Waals surface area contributed by atoms with Crippen molar-refractivity contribution in [2.24, 2.45) is 0 Å². The van der Waals surface area contributed by atoms with E-state index in [0.29, 0.717) is 11.9 Å². The molecule has 0 saturated carbocycles. The van der Waals surface area contributed by atoms with E-state index in [1.165, 1.54) is 6.26 Å². The normalized spacial score (nSPS) is 11.0. The number of furan rings is 1. The number of carbonyl (C=O) groups excluding carboxylic acids is 1. The van der Waals surface area contributed by atoms with Crippen molar-refractivity contribution in [1.29, 1.82) is 0 Å². The number of fused-ring (bicyclic) bond motifs is 1. The lowest BCUT2D eigenvalue weighted by Gasteiger charge is -2.07. The van der Waals surface area contributed by atoms with Crippen molar-refractivity contribution >= 4 is 16.7 Å². The molecule has 2 heterocycles. The van der Waals surface area contributed by atoms with Crippen LogP contribution in [0.3, 0.4) is 0 Å². The lowest BCUT2D eigenvalue weighted by Crippen LogP contribution is -2.02. The average molecular weight is 317 g/mol. The highest BCUT2D eigenvalue weighted by molar-refractivity contribution is 6.17. The first-order chi connectivity index (χ1) is 11.8. The van der Waals surface area contributed by atoms with Crippen LogP contribution in [0.2, 0.25) is 0 Å². The molecule has 2 aromatic carbocycles. The molecule has 0 aliphatic rings. The van der Waals surface area contributed by atoms with E-state index in [0.717, 1.165) is 11.1 Å². The number of benzene rings is 2. The van der Waals surface area contributed by atoms with Crippen molar-refractivity contribution in [1.82, 2.24) is 4.57 Å². The van der Waals surface area contributed by atoms with Gasteiger partial charge in [0.05, 0.1) is 23.9 Å². The van der Waals surface area contributed by atoms with Crippen molar-refractivity contribution in [2.75, 3.05) is 0 Å². The van der Waals surface area contributed by atoms with E-state index in [1.807, 2.05) is 54.6 Å². The highest BCUT2D eigenvalue weighted by Gasteiger charge is 2.24. The maximum Gasteiger partial charge on any atom is 0.234 e. The molecule has 0 spiro atoms. The van der Waals surface area contributed by atoms with Crippen LogP contribution < -0.4 is 0 Å². The van der Waals surface area contributed by atoms with Crippen molar-refractivity contribution in [2.45, 2.75) is 6.54 Å². The largest absolute Gasteiger partial charge is 0.494 e. The molecular weight excluding hydrogens is 302 g/mol. The molecule has 4 heteroatoms. The Kier molecular flexibility index (Phi) is 3.43. The van der Waals surface area contributed by atoms with E-state index in [4.69, 9.17) is 4.42 Å². The number of aromatic hydroxyl groups is 1. The van der Waals surface area contributed by atoms with E-state index >= 15 is 0 Å². The lowest BCUT2D eigenvalue weighted by atomic mass is 10.1. The van der Waals surface area contributed by atoms with Gasteiger partial charge in [0.2, 0.25) is 11.7 Å². The Balaban J connectivity index is 1.89. The molecule has 0 fully saturated rings. The molecule has 0 aliphatic heterocycles. The second-order valence-electron chi connectivity index (χ2n) is 5.59. The minimum Gasteiger partial charge on any atom is -0.494 e. The third kappa shape index (κ3) is 2.29. The van der Waals surface area contributed by atoms with Gasteiger partial charge in [-0.15, -0.1) is 0 Å². The second kappa shape index (κ2) is 5.74. The zero-order valence-corrected chi connectivity index (χ0v) is 12.8. The zero-order chi connectivity index (χ0) is 16.5. The summed E-state index contributed by atoms with van der Waals surface area (Å²) in [7, 11) is 0. The smallest absolute Gasteiger partial charge is 0.234 e. The number of aromatic nitrogens is 1. The predicted molar refractivity (Wildman–Crippen MR) is 91.3 cm³/mol. The van der Waals surface area contributed by atoms with Crippen LogP contribution >= 0.6 is 0 Å². The SMILES string of the molecule is O=C(c1ccco1)c1c(O)n(Cc2ccccc2)c2ccccc12. The topological polar surface area (TPSA) is 55.4 Å². The summed E-state index contributed by atoms with van der Waals surface area (Å²) in [6, 6.07) is 20.6. The number of nitrogens with zero attached hydrogens (tertiary/aromatic N) is 1. The summed E-state index contributed by atoms with van der Waals surface area (Å²) in [5, 5.41) is 11.5. The highest BCUT2D eigenvalue weighted by atomic mass is 16.3. The number of carbonyl (C=O) groups is 1. The van der Waals surface area contributed by atoms with Crippen molar-refractivity contribution in [3.05, 3.63) is 89.9 Å². The molecule has 0 saturated heterocycles. The van der Waals surface area contributed by atoms with Gasteiger partial charge in [0.1, 0.15) is 0 Å². The van der Waals surface area contributed by atoms with Crippen LogP contribution in [0.15, 0.2) is 77.4 Å². The Morgan fingerprint density at radius 3 is 2.46 bits per heavy atom. The van der Waals surface area contributed by atoms with Gasteiger partial charge in [-0.25, -0.2) is 0 Å². The van der Waals surface area contributed by atoms with E-state index in [9.17, 15) is 9.90 Å². The molecule has 0 amide bonds. The summed E-state index contributed by atoms with van der Waals surface area (Å²) in [4.78, 5) is 12.7. The molecule has 118 valence electrons. The van der Waals surface area contributed by atoms with Crippen LogP contribution in [0.4, 0.5) is 0 Å². The second-order valence-corrected chi connectivity index (χ2v) is 5.59. The van der Waals surface area contributed by atoms with E-state index in [2.05, 4.69) is 0 Å². The first-order valence-electron chi connectivity index (χ1n) is 7.68. The monoisotopic (exact) mass is 317 g/mol. The van der Waals surface area contributed by atoms with Gasteiger partial charge in [-0.2, -0.15) is 0 Å². The van der Waals surface area contributed by atoms with Crippen LogP contribution in [0.1, 0.15) is 21.7 Å². The van der Waals surface area contributed by atoms with Crippen molar-refractivity contribution < 1.29 is 14.3 Å². The van der Waals surface area contributed by atoms with E-state index < -0.39 is 0 Å². The summed E-state index contributed by atoms with van der Waals surface area (Å²) in [5.74, 6) is -0.144. The summed E-state index contributed by atoms with van der Waals surface area (Å²) in [6.07, 6.45) is 1.45. The maximum atomic E-state index is 12.7. The Bertz CT molecular complexity index is 998. The third-order valence-corrected chi connectivity index (χ3v) is 4.10. The molecule has 4 rings (SSSR count). The first kappa shape index (κ1) is 14.3. The van der Waals surface area contributed by atoms with Gasteiger partial charge in [0.25, 0.3) is 0 Å². The number of para-hydroxylation sites is 1. The van der Waals surface area contributed by atoms with Gasteiger partial charge in [0.15, 0.2) is 5.76 Å². The Hall–Kier alpha value is -3.27. The minimum atomic E-state index is -0.319. The minimum absolute atomic E-state index is 0.0403. The zero-order valence-electron chi connectivity index (χ0n) is 12.8. The molecule has 0 atom stereocenters. The van der Waals surface area contributed by atoms with E-state index in [1.54, 1.807) is 16.7 Å². The standard InChI is InChI=1S/C20H15NO3/c22-19(17-11-6-12-24-17)18-15-9-4-5-10-16(15)21(20(18)23)13-14-7-2-1-3-8-14/h1-12,23H,13H2. The van der Waals surface area contributed by atoms with Crippen LogP contribution in [0.5, 0.6) is 5.88 Å². The number of hydrogen-bond acceptors (Lipinski definition) is 3. The van der Waals surface area contributed by atoms with Gasteiger partial charge in [0, 0.05) is 5.39 Å². The van der Waals surface area contributed by atoms with Crippen molar-refractivity contribution in [3.8, 4) is 5.88 Å². The number of ketones is 1. The fraction of sp³-hybridized carbons (Fsp3) is 0.0500. The fourth-order valence-electron chi connectivity index (χ4n) is 2.97. The highest BCUT2D eigenvalue weighted by Crippen LogP contribution is 2.33. The third-order valence-electron chi connectivity index (χ3n) is 4.10. The van der Waals surface area contributed by atoms with E-state index in [-0.39, 0.29) is 23.0 Å². The lowest BCUT2D eigenvalue weighted by molar-refractivity contribution is 0.101. The molecule has 4 aromatic rings. The Morgan fingerprint density at radius 1 is 0.958 bits per heavy atom. The van der Waals surface area contributed by atoms with Crippen LogP contribution in [-0.4, -0.2) is 15.5 Å². The molecule has 1 N–H and O–H groups in total. The molecule has 0 radical (unpaired) electrons. The van der Waals surface area contributed by atoms with Gasteiger partial charge in [-0.1, -0.05) is 48.5 Å². The van der Waals surface area contributed by atoms with Crippen LogP contribution in [0, 0.1) is 0 Å². The molecule has 2 aromatic heterocycles. The predicted octanol–water partition coefficient (Wildman–Crippen LogP) is 4.22. The maximum absolute atomic E-state index is 12.7. The summed E-state index contributed by atoms with van der Waals surface area (Å²) < 4.78 is 6.96. The van der Waals surface area contributed by atoms with Crippen LogP contribution in [-0.2, 0) is 6.54 Å². The number of hydrogen-bond donors (Lipinski definition) is 1. The average Bonchev–Trinajstić information content (AvgIpc) is 3.24. The molecular formula is C20H15NO3. The Morgan fingerprint density at radius 2 is 1.71 bits per heavy atom. The van der Waals surface area contributed by atoms with Gasteiger partial charge in [-0.3, -0.25) is 4.79 Å². The van der Waals surface area contributed by atoms with Gasteiger partial charge in [-0.05, 0) is 23.8 Å². The molecule has 0 aliphatic carbocycles. The molecule has 0 bridgehead atoms.